The average Bonchev–Trinajstić information content (AvgIpc) is 2.39. The van der Waals surface area contributed by atoms with Crippen LogP contribution in [-0.2, 0) is 14.8 Å². The van der Waals surface area contributed by atoms with Crippen molar-refractivity contribution in [2.45, 2.75) is 23.8 Å². The number of hydrogen-bond acceptors (Lipinski definition) is 5. The first-order valence-corrected chi connectivity index (χ1v) is 7.23. The summed E-state index contributed by atoms with van der Waals surface area (Å²) in [5.74, 6) is 0.308. The Morgan fingerprint density at radius 2 is 2.06 bits per heavy atom. The van der Waals surface area contributed by atoms with E-state index < -0.39 is 10.0 Å². The quantitative estimate of drug-likeness (QED) is 0.863. The van der Waals surface area contributed by atoms with Gasteiger partial charge >= 0.3 is 0 Å². The van der Waals surface area contributed by atoms with Crippen LogP contribution in [0.5, 0.6) is 0 Å². The summed E-state index contributed by atoms with van der Waals surface area (Å²) in [6.07, 6.45) is 2.73. The predicted molar refractivity (Wildman–Crippen MR) is 67.4 cm³/mol. The zero-order valence-corrected chi connectivity index (χ0v) is 11.1. The molecule has 0 aromatic carbocycles. The van der Waals surface area contributed by atoms with Gasteiger partial charge in [-0.1, -0.05) is 0 Å². The minimum atomic E-state index is -3.50. The average molecular weight is 271 g/mol. The van der Waals surface area contributed by atoms with Crippen LogP contribution in [0.15, 0.2) is 23.2 Å². The molecule has 0 saturated carbocycles. The highest BCUT2D eigenvalue weighted by atomic mass is 32.2. The van der Waals surface area contributed by atoms with Gasteiger partial charge in [-0.15, -0.1) is 0 Å². The Morgan fingerprint density at radius 1 is 1.39 bits per heavy atom. The lowest BCUT2D eigenvalue weighted by atomic mass is 10.1. The standard InChI is InChI=1S/C11H17N3O3S/c1-14(9-4-6-17-7-5-9)18(15,16)10-2-3-11(12)13-8-10/h2-3,8-9H,4-7H2,1H3,(H2,12,13). The maximum atomic E-state index is 12.3. The molecule has 2 N–H and O–H groups in total. The van der Waals surface area contributed by atoms with Crippen molar-refractivity contribution in [3.8, 4) is 0 Å². The van der Waals surface area contributed by atoms with E-state index in [9.17, 15) is 8.42 Å². The lowest BCUT2D eigenvalue weighted by molar-refractivity contribution is 0.0632. The van der Waals surface area contributed by atoms with Gasteiger partial charge in [0, 0.05) is 32.5 Å². The molecular formula is C11H17N3O3S. The number of aromatic nitrogens is 1. The van der Waals surface area contributed by atoms with Gasteiger partial charge in [-0.05, 0) is 25.0 Å². The van der Waals surface area contributed by atoms with E-state index in [-0.39, 0.29) is 10.9 Å². The van der Waals surface area contributed by atoms with Gasteiger partial charge in [0.05, 0.1) is 0 Å². The van der Waals surface area contributed by atoms with Crippen LogP contribution in [0, 0.1) is 0 Å². The SMILES string of the molecule is CN(C1CCOCC1)S(=O)(=O)c1ccc(N)nc1. The molecule has 1 aromatic rings. The lowest BCUT2D eigenvalue weighted by Crippen LogP contribution is -2.40. The van der Waals surface area contributed by atoms with Crippen molar-refractivity contribution >= 4 is 15.8 Å². The summed E-state index contributed by atoms with van der Waals surface area (Å²) in [6.45, 7) is 1.20. The maximum absolute atomic E-state index is 12.3. The van der Waals surface area contributed by atoms with E-state index in [0.717, 1.165) is 12.8 Å². The molecule has 1 aliphatic heterocycles. The molecule has 0 bridgehead atoms. The van der Waals surface area contributed by atoms with Crippen molar-refractivity contribution in [2.24, 2.45) is 0 Å². The van der Waals surface area contributed by atoms with E-state index in [1.165, 1.54) is 22.6 Å². The van der Waals surface area contributed by atoms with Crippen molar-refractivity contribution in [3.05, 3.63) is 18.3 Å². The summed E-state index contributed by atoms with van der Waals surface area (Å²) in [7, 11) is -1.90. The predicted octanol–water partition coefficient (Wildman–Crippen LogP) is 0.463. The van der Waals surface area contributed by atoms with Gasteiger partial charge in [0.2, 0.25) is 10.0 Å². The molecule has 0 amide bonds. The number of nitrogens with zero attached hydrogens (tertiary/aromatic N) is 2. The Labute approximate surface area is 107 Å². The molecule has 1 aliphatic rings. The second kappa shape index (κ2) is 5.21. The van der Waals surface area contributed by atoms with Gasteiger partial charge in [0.15, 0.2) is 0 Å². The van der Waals surface area contributed by atoms with Gasteiger partial charge in [-0.3, -0.25) is 0 Å². The van der Waals surface area contributed by atoms with Crippen LogP contribution in [0.2, 0.25) is 0 Å². The Balaban J connectivity index is 2.21. The van der Waals surface area contributed by atoms with Crippen LogP contribution in [0.3, 0.4) is 0 Å². The third kappa shape index (κ3) is 2.63. The molecule has 0 atom stereocenters. The maximum Gasteiger partial charge on any atom is 0.244 e. The lowest BCUT2D eigenvalue weighted by Gasteiger charge is -2.30. The smallest absolute Gasteiger partial charge is 0.244 e. The number of nitrogen functional groups attached to an aromatic ring is 1. The minimum Gasteiger partial charge on any atom is -0.384 e. The molecule has 0 spiro atoms. The van der Waals surface area contributed by atoms with Crippen molar-refractivity contribution in [1.29, 1.82) is 0 Å². The van der Waals surface area contributed by atoms with Gasteiger partial charge in [0.1, 0.15) is 10.7 Å². The van der Waals surface area contributed by atoms with Crippen molar-refractivity contribution < 1.29 is 13.2 Å². The summed E-state index contributed by atoms with van der Waals surface area (Å²) < 4.78 is 31.3. The van der Waals surface area contributed by atoms with Crippen LogP contribution in [-0.4, -0.2) is 44.0 Å². The van der Waals surface area contributed by atoms with E-state index in [0.29, 0.717) is 19.0 Å². The number of pyridine rings is 1. The topological polar surface area (TPSA) is 85.5 Å². The molecule has 0 radical (unpaired) electrons. The number of ether oxygens (including phenoxy) is 1. The molecule has 100 valence electrons. The molecular weight excluding hydrogens is 254 g/mol. The molecule has 6 nitrogen and oxygen atoms in total. The first kappa shape index (κ1) is 13.3. The van der Waals surface area contributed by atoms with Crippen LogP contribution in [0.25, 0.3) is 0 Å². The molecule has 2 rings (SSSR count). The largest absolute Gasteiger partial charge is 0.384 e. The second-order valence-corrected chi connectivity index (χ2v) is 6.28. The third-order valence-electron chi connectivity index (χ3n) is 3.14. The Bertz CT molecular complexity index is 495. The van der Waals surface area contributed by atoms with Crippen LogP contribution >= 0.6 is 0 Å². The van der Waals surface area contributed by atoms with E-state index >= 15 is 0 Å². The van der Waals surface area contributed by atoms with Crippen LogP contribution < -0.4 is 5.73 Å². The molecule has 1 aromatic heterocycles. The number of hydrogen-bond donors (Lipinski definition) is 1. The fourth-order valence-electron chi connectivity index (χ4n) is 1.96. The summed E-state index contributed by atoms with van der Waals surface area (Å²) in [5, 5.41) is 0. The van der Waals surface area contributed by atoms with E-state index in [1.807, 2.05) is 0 Å². The minimum absolute atomic E-state index is 0.0127. The Morgan fingerprint density at radius 3 is 2.61 bits per heavy atom. The van der Waals surface area contributed by atoms with Gasteiger partial charge in [0.25, 0.3) is 0 Å². The third-order valence-corrected chi connectivity index (χ3v) is 5.03. The van der Waals surface area contributed by atoms with Gasteiger partial charge < -0.3 is 10.5 Å². The monoisotopic (exact) mass is 271 g/mol. The molecule has 7 heteroatoms. The Hall–Kier alpha value is -1.18. The highest BCUT2D eigenvalue weighted by Crippen LogP contribution is 2.21. The highest BCUT2D eigenvalue weighted by molar-refractivity contribution is 7.89. The van der Waals surface area contributed by atoms with Crippen molar-refractivity contribution in [1.82, 2.24) is 9.29 Å². The number of anilines is 1. The fourth-order valence-corrected chi connectivity index (χ4v) is 3.32. The van der Waals surface area contributed by atoms with E-state index in [1.54, 1.807) is 7.05 Å². The molecule has 0 aliphatic carbocycles. The summed E-state index contributed by atoms with van der Waals surface area (Å²) in [6, 6.07) is 2.96. The highest BCUT2D eigenvalue weighted by Gasteiger charge is 2.29. The number of nitrogens with two attached hydrogens (primary N) is 1. The Kier molecular flexibility index (Phi) is 3.84. The van der Waals surface area contributed by atoms with Gasteiger partial charge in [-0.25, -0.2) is 13.4 Å². The number of sulfonamides is 1. The van der Waals surface area contributed by atoms with Crippen molar-refractivity contribution in [3.63, 3.8) is 0 Å². The van der Waals surface area contributed by atoms with Crippen LogP contribution in [0.1, 0.15) is 12.8 Å². The van der Waals surface area contributed by atoms with Gasteiger partial charge in [-0.2, -0.15) is 4.31 Å². The summed E-state index contributed by atoms with van der Waals surface area (Å²) in [4.78, 5) is 3.99. The summed E-state index contributed by atoms with van der Waals surface area (Å²) >= 11 is 0. The molecule has 1 saturated heterocycles. The molecule has 2 heterocycles. The molecule has 0 unspecified atom stereocenters. The van der Waals surface area contributed by atoms with E-state index in [2.05, 4.69) is 4.98 Å². The zero-order valence-electron chi connectivity index (χ0n) is 10.2. The fraction of sp³-hybridized carbons (Fsp3) is 0.545. The van der Waals surface area contributed by atoms with Crippen molar-refractivity contribution in [2.75, 3.05) is 26.0 Å². The van der Waals surface area contributed by atoms with E-state index in [4.69, 9.17) is 10.5 Å². The molecule has 18 heavy (non-hydrogen) atoms. The summed E-state index contributed by atoms with van der Waals surface area (Å²) in [5.41, 5.74) is 5.45. The van der Waals surface area contributed by atoms with Crippen LogP contribution in [0.4, 0.5) is 5.82 Å². The first-order chi connectivity index (χ1) is 8.51. The molecule has 1 fully saturated rings. The normalized spacial score (nSPS) is 18.1. The zero-order chi connectivity index (χ0) is 13.2. The second-order valence-electron chi connectivity index (χ2n) is 4.28. The number of rotatable bonds is 3. The first-order valence-electron chi connectivity index (χ1n) is 5.79.